The summed E-state index contributed by atoms with van der Waals surface area (Å²) in [5.41, 5.74) is 2.51. The quantitative estimate of drug-likeness (QED) is 0.594. The normalized spacial score (nSPS) is 10.3. The second-order valence-electron chi connectivity index (χ2n) is 4.79. The minimum Gasteiger partial charge on any atom is -0.493 e. The summed E-state index contributed by atoms with van der Waals surface area (Å²) >= 11 is 3.36. The van der Waals surface area contributed by atoms with E-state index in [1.165, 1.54) is 0 Å². The van der Waals surface area contributed by atoms with Gasteiger partial charge in [-0.2, -0.15) is 0 Å². The van der Waals surface area contributed by atoms with Gasteiger partial charge >= 0.3 is 5.97 Å². The van der Waals surface area contributed by atoms with Crippen molar-refractivity contribution in [1.29, 1.82) is 0 Å². The fourth-order valence-corrected chi connectivity index (χ4v) is 2.46. The summed E-state index contributed by atoms with van der Waals surface area (Å²) in [7, 11) is 0. The molecule has 0 aliphatic rings. The van der Waals surface area contributed by atoms with Gasteiger partial charge in [-0.1, -0.05) is 22.0 Å². The van der Waals surface area contributed by atoms with Crippen LogP contribution < -0.4 is 9.47 Å². The van der Waals surface area contributed by atoms with Crippen LogP contribution in [-0.2, 0) is 0 Å². The van der Waals surface area contributed by atoms with E-state index in [9.17, 15) is 4.79 Å². The molecule has 0 N–H and O–H groups in total. The molecule has 0 aliphatic heterocycles. The molecule has 0 saturated carbocycles. The van der Waals surface area contributed by atoms with E-state index in [0.29, 0.717) is 23.7 Å². The van der Waals surface area contributed by atoms with Crippen molar-refractivity contribution in [2.45, 2.75) is 20.8 Å². The summed E-state index contributed by atoms with van der Waals surface area (Å²) in [5.74, 6) is 0.639. The van der Waals surface area contributed by atoms with Crippen molar-refractivity contribution in [2.75, 3.05) is 6.61 Å². The SMILES string of the molecule is CCOc1ccc(Br)cc1C(=O)Oc1cc(C)cc(C)c1. The predicted molar refractivity (Wildman–Crippen MR) is 86.2 cm³/mol. The molecule has 0 atom stereocenters. The Kier molecular flexibility index (Phi) is 5.02. The van der Waals surface area contributed by atoms with Gasteiger partial charge in [-0.15, -0.1) is 0 Å². The van der Waals surface area contributed by atoms with Crippen molar-refractivity contribution in [2.24, 2.45) is 0 Å². The fourth-order valence-electron chi connectivity index (χ4n) is 2.10. The van der Waals surface area contributed by atoms with E-state index >= 15 is 0 Å². The first-order chi connectivity index (χ1) is 9.99. The molecule has 0 unspecified atom stereocenters. The van der Waals surface area contributed by atoms with Crippen molar-refractivity contribution in [3.8, 4) is 11.5 Å². The number of halogens is 1. The molecule has 0 fully saturated rings. The van der Waals surface area contributed by atoms with E-state index < -0.39 is 5.97 Å². The number of esters is 1. The standard InChI is InChI=1S/C17H17BrO3/c1-4-20-16-6-5-13(18)10-15(16)17(19)21-14-8-11(2)7-12(3)9-14/h5-10H,4H2,1-3H3. The summed E-state index contributed by atoms with van der Waals surface area (Å²) in [6.07, 6.45) is 0. The lowest BCUT2D eigenvalue weighted by atomic mass is 10.1. The zero-order valence-corrected chi connectivity index (χ0v) is 13.9. The highest BCUT2D eigenvalue weighted by molar-refractivity contribution is 9.10. The van der Waals surface area contributed by atoms with E-state index in [-0.39, 0.29) is 0 Å². The van der Waals surface area contributed by atoms with Gasteiger partial charge in [0.05, 0.1) is 6.61 Å². The Bertz CT molecular complexity index is 645. The highest BCUT2D eigenvalue weighted by Gasteiger charge is 2.16. The van der Waals surface area contributed by atoms with Gasteiger partial charge in [0.15, 0.2) is 0 Å². The van der Waals surface area contributed by atoms with Gasteiger partial charge in [0.1, 0.15) is 17.1 Å². The summed E-state index contributed by atoms with van der Waals surface area (Å²) in [6, 6.07) is 11.0. The minimum absolute atomic E-state index is 0.408. The van der Waals surface area contributed by atoms with Crippen LogP contribution in [0, 0.1) is 13.8 Å². The van der Waals surface area contributed by atoms with Gasteiger partial charge in [-0.05, 0) is 62.2 Å². The van der Waals surface area contributed by atoms with E-state index in [1.807, 2.05) is 45.0 Å². The third-order valence-corrected chi connectivity index (χ3v) is 3.36. The van der Waals surface area contributed by atoms with Crippen molar-refractivity contribution in [3.05, 3.63) is 57.6 Å². The molecule has 0 aromatic heterocycles. The molecule has 4 heteroatoms. The van der Waals surface area contributed by atoms with Crippen molar-refractivity contribution < 1.29 is 14.3 Å². The van der Waals surface area contributed by atoms with Crippen LogP contribution in [0.2, 0.25) is 0 Å². The Morgan fingerprint density at radius 2 is 1.76 bits per heavy atom. The number of hydrogen-bond donors (Lipinski definition) is 0. The number of hydrogen-bond acceptors (Lipinski definition) is 3. The molecular weight excluding hydrogens is 332 g/mol. The average Bonchev–Trinajstić information content (AvgIpc) is 2.39. The first-order valence-corrected chi connectivity index (χ1v) is 7.51. The second kappa shape index (κ2) is 6.76. The first-order valence-electron chi connectivity index (χ1n) is 6.72. The molecule has 3 nitrogen and oxygen atoms in total. The maximum Gasteiger partial charge on any atom is 0.347 e. The van der Waals surface area contributed by atoms with Crippen molar-refractivity contribution in [1.82, 2.24) is 0 Å². The van der Waals surface area contributed by atoms with Crippen molar-refractivity contribution >= 4 is 21.9 Å². The summed E-state index contributed by atoms with van der Waals surface area (Å²) in [4.78, 5) is 12.4. The largest absolute Gasteiger partial charge is 0.493 e. The Balaban J connectivity index is 2.29. The molecule has 0 heterocycles. The number of benzene rings is 2. The molecule has 2 aromatic rings. The maximum absolute atomic E-state index is 12.4. The summed E-state index contributed by atoms with van der Waals surface area (Å²) in [6.45, 7) is 6.30. The Morgan fingerprint density at radius 1 is 1.10 bits per heavy atom. The molecule has 21 heavy (non-hydrogen) atoms. The lowest BCUT2D eigenvalue weighted by molar-refractivity contribution is 0.0730. The van der Waals surface area contributed by atoms with E-state index in [2.05, 4.69) is 15.9 Å². The smallest absolute Gasteiger partial charge is 0.347 e. The van der Waals surface area contributed by atoms with Crippen LogP contribution in [0.1, 0.15) is 28.4 Å². The molecular formula is C17H17BrO3. The van der Waals surface area contributed by atoms with Gasteiger partial charge < -0.3 is 9.47 Å². The van der Waals surface area contributed by atoms with Gasteiger partial charge in [0, 0.05) is 4.47 Å². The van der Waals surface area contributed by atoms with Crippen molar-refractivity contribution in [3.63, 3.8) is 0 Å². The summed E-state index contributed by atoms with van der Waals surface area (Å²) in [5, 5.41) is 0. The molecule has 2 aromatic carbocycles. The molecule has 0 radical (unpaired) electrons. The Morgan fingerprint density at radius 3 is 2.38 bits per heavy atom. The predicted octanol–water partition coefficient (Wildman–Crippen LogP) is 4.68. The Labute approximate surface area is 133 Å². The van der Waals surface area contributed by atoms with Crippen LogP contribution in [0.4, 0.5) is 0 Å². The average molecular weight is 349 g/mol. The third kappa shape index (κ3) is 4.08. The minimum atomic E-state index is -0.426. The molecule has 2 rings (SSSR count). The van der Waals surface area contributed by atoms with Gasteiger partial charge in [-0.3, -0.25) is 0 Å². The Hall–Kier alpha value is -1.81. The van der Waals surface area contributed by atoms with Crippen LogP contribution >= 0.6 is 15.9 Å². The van der Waals surface area contributed by atoms with E-state index in [1.54, 1.807) is 12.1 Å². The van der Waals surface area contributed by atoms with Crippen LogP contribution in [-0.4, -0.2) is 12.6 Å². The maximum atomic E-state index is 12.4. The third-order valence-electron chi connectivity index (χ3n) is 2.87. The number of rotatable bonds is 4. The highest BCUT2D eigenvalue weighted by atomic mass is 79.9. The molecule has 0 amide bonds. The summed E-state index contributed by atoms with van der Waals surface area (Å²) < 4.78 is 11.7. The van der Waals surface area contributed by atoms with Gasteiger partial charge in [-0.25, -0.2) is 4.79 Å². The number of carbonyl (C=O) groups excluding carboxylic acids is 1. The van der Waals surface area contributed by atoms with Crippen LogP contribution in [0.3, 0.4) is 0 Å². The van der Waals surface area contributed by atoms with E-state index in [4.69, 9.17) is 9.47 Å². The highest BCUT2D eigenvalue weighted by Crippen LogP contribution is 2.25. The van der Waals surface area contributed by atoms with Gasteiger partial charge in [0.2, 0.25) is 0 Å². The zero-order valence-electron chi connectivity index (χ0n) is 12.3. The number of carbonyl (C=O) groups is 1. The second-order valence-corrected chi connectivity index (χ2v) is 5.70. The lowest BCUT2D eigenvalue weighted by Crippen LogP contribution is -2.11. The monoisotopic (exact) mass is 348 g/mol. The topological polar surface area (TPSA) is 35.5 Å². The number of aryl methyl sites for hydroxylation is 2. The fraction of sp³-hybridized carbons (Fsp3) is 0.235. The van der Waals surface area contributed by atoms with Crippen LogP contribution in [0.5, 0.6) is 11.5 Å². The molecule has 0 aliphatic carbocycles. The van der Waals surface area contributed by atoms with Gasteiger partial charge in [0.25, 0.3) is 0 Å². The van der Waals surface area contributed by atoms with Crippen LogP contribution in [0.25, 0.3) is 0 Å². The van der Waals surface area contributed by atoms with Crippen LogP contribution in [0.15, 0.2) is 40.9 Å². The molecule has 0 bridgehead atoms. The molecule has 0 saturated heterocycles. The first kappa shape index (κ1) is 15.6. The van der Waals surface area contributed by atoms with E-state index in [0.717, 1.165) is 15.6 Å². The molecule has 110 valence electrons. The number of ether oxygens (including phenoxy) is 2. The lowest BCUT2D eigenvalue weighted by Gasteiger charge is -2.11. The zero-order chi connectivity index (χ0) is 15.4. The molecule has 0 spiro atoms.